The number of halogens is 1. The normalized spacial score (nSPS) is 10.7. The molecule has 0 aliphatic rings. The molecule has 0 amide bonds. The minimum Gasteiger partial charge on any atom is -0.497 e. The SMILES string of the molecule is COc1ccc2oc(=O)c(-c3ccc(Cl)cc3)cc2c1. The maximum absolute atomic E-state index is 12.0. The van der Waals surface area contributed by atoms with Crippen molar-refractivity contribution in [3.05, 3.63) is 64.0 Å². The summed E-state index contributed by atoms with van der Waals surface area (Å²) in [5.41, 5.74) is 1.44. The molecular formula is C16H11ClO3. The Balaban J connectivity index is 2.22. The van der Waals surface area contributed by atoms with Gasteiger partial charge < -0.3 is 9.15 Å². The third-order valence-corrected chi connectivity index (χ3v) is 3.35. The Bertz CT molecular complexity index is 819. The van der Waals surface area contributed by atoms with E-state index >= 15 is 0 Å². The minimum atomic E-state index is -0.370. The van der Waals surface area contributed by atoms with Gasteiger partial charge in [-0.3, -0.25) is 0 Å². The predicted molar refractivity (Wildman–Crippen MR) is 79.5 cm³/mol. The Morgan fingerprint density at radius 2 is 1.80 bits per heavy atom. The van der Waals surface area contributed by atoms with Gasteiger partial charge in [0, 0.05) is 10.4 Å². The topological polar surface area (TPSA) is 39.4 Å². The van der Waals surface area contributed by atoms with Crippen molar-refractivity contribution in [2.75, 3.05) is 7.11 Å². The molecule has 4 heteroatoms. The van der Waals surface area contributed by atoms with Crippen LogP contribution in [0, 0.1) is 0 Å². The van der Waals surface area contributed by atoms with Crippen molar-refractivity contribution in [1.82, 2.24) is 0 Å². The van der Waals surface area contributed by atoms with Crippen molar-refractivity contribution >= 4 is 22.6 Å². The highest BCUT2D eigenvalue weighted by molar-refractivity contribution is 6.30. The lowest BCUT2D eigenvalue weighted by Crippen LogP contribution is -2.02. The zero-order valence-corrected chi connectivity index (χ0v) is 11.5. The van der Waals surface area contributed by atoms with Gasteiger partial charge >= 0.3 is 5.63 Å². The molecule has 0 unspecified atom stereocenters. The summed E-state index contributed by atoms with van der Waals surface area (Å²) in [5.74, 6) is 0.716. The second-order valence-electron chi connectivity index (χ2n) is 4.36. The van der Waals surface area contributed by atoms with E-state index in [0.29, 0.717) is 21.9 Å². The fraction of sp³-hybridized carbons (Fsp3) is 0.0625. The molecule has 1 heterocycles. The van der Waals surface area contributed by atoms with Crippen LogP contribution < -0.4 is 10.4 Å². The lowest BCUT2D eigenvalue weighted by atomic mass is 10.1. The Morgan fingerprint density at radius 1 is 1.05 bits per heavy atom. The lowest BCUT2D eigenvalue weighted by molar-refractivity contribution is 0.415. The Hall–Kier alpha value is -2.26. The molecule has 0 N–H and O–H groups in total. The van der Waals surface area contributed by atoms with Crippen LogP contribution in [0.15, 0.2) is 57.7 Å². The third-order valence-electron chi connectivity index (χ3n) is 3.09. The highest BCUT2D eigenvalue weighted by atomic mass is 35.5. The maximum atomic E-state index is 12.0. The van der Waals surface area contributed by atoms with Crippen LogP contribution in [-0.2, 0) is 0 Å². The first-order valence-electron chi connectivity index (χ1n) is 6.05. The summed E-state index contributed by atoms with van der Waals surface area (Å²) >= 11 is 5.86. The Morgan fingerprint density at radius 3 is 2.50 bits per heavy atom. The van der Waals surface area contributed by atoms with Crippen LogP contribution in [0.3, 0.4) is 0 Å². The molecule has 0 aliphatic carbocycles. The van der Waals surface area contributed by atoms with E-state index in [4.69, 9.17) is 20.8 Å². The van der Waals surface area contributed by atoms with E-state index in [9.17, 15) is 4.79 Å². The molecule has 1 aromatic heterocycles. The van der Waals surface area contributed by atoms with Crippen molar-refractivity contribution in [2.45, 2.75) is 0 Å². The summed E-state index contributed by atoms with van der Waals surface area (Å²) in [6, 6.07) is 14.2. The molecule has 0 spiro atoms. The van der Waals surface area contributed by atoms with Crippen LogP contribution in [0.4, 0.5) is 0 Å². The molecule has 0 fully saturated rings. The van der Waals surface area contributed by atoms with E-state index in [2.05, 4.69) is 0 Å². The fourth-order valence-electron chi connectivity index (χ4n) is 2.06. The number of fused-ring (bicyclic) bond motifs is 1. The zero-order valence-electron chi connectivity index (χ0n) is 10.7. The molecule has 3 nitrogen and oxygen atoms in total. The molecular weight excluding hydrogens is 276 g/mol. The third kappa shape index (κ3) is 2.28. The summed E-state index contributed by atoms with van der Waals surface area (Å²) in [6.45, 7) is 0. The average Bonchev–Trinajstić information content (AvgIpc) is 2.47. The first kappa shape index (κ1) is 12.8. The molecule has 2 aromatic carbocycles. The first-order valence-corrected chi connectivity index (χ1v) is 6.43. The summed E-state index contributed by atoms with van der Waals surface area (Å²) in [6.07, 6.45) is 0. The van der Waals surface area contributed by atoms with E-state index < -0.39 is 0 Å². The molecule has 3 aromatic rings. The van der Waals surface area contributed by atoms with Gasteiger partial charge in [-0.25, -0.2) is 4.79 Å². The lowest BCUT2D eigenvalue weighted by Gasteiger charge is -2.04. The monoisotopic (exact) mass is 286 g/mol. The molecule has 0 atom stereocenters. The van der Waals surface area contributed by atoms with E-state index in [1.54, 1.807) is 49.6 Å². The van der Waals surface area contributed by atoms with Crippen LogP contribution >= 0.6 is 11.6 Å². The van der Waals surface area contributed by atoms with Gasteiger partial charge in [-0.15, -0.1) is 0 Å². The van der Waals surface area contributed by atoms with E-state index in [-0.39, 0.29) is 5.63 Å². The van der Waals surface area contributed by atoms with Gasteiger partial charge in [0.1, 0.15) is 11.3 Å². The highest BCUT2D eigenvalue weighted by Gasteiger charge is 2.08. The maximum Gasteiger partial charge on any atom is 0.344 e. The second-order valence-corrected chi connectivity index (χ2v) is 4.79. The number of hydrogen-bond donors (Lipinski definition) is 0. The zero-order chi connectivity index (χ0) is 14.1. The quantitative estimate of drug-likeness (QED) is 0.665. The molecule has 0 aliphatic heterocycles. The minimum absolute atomic E-state index is 0.370. The average molecular weight is 287 g/mol. The van der Waals surface area contributed by atoms with E-state index in [1.807, 2.05) is 6.07 Å². The summed E-state index contributed by atoms with van der Waals surface area (Å²) in [4.78, 5) is 12.0. The number of ether oxygens (including phenoxy) is 1. The van der Waals surface area contributed by atoms with Crippen molar-refractivity contribution < 1.29 is 9.15 Å². The van der Waals surface area contributed by atoms with Gasteiger partial charge in [-0.1, -0.05) is 23.7 Å². The molecule has 3 rings (SSSR count). The van der Waals surface area contributed by atoms with Gasteiger partial charge in [0.2, 0.25) is 0 Å². The van der Waals surface area contributed by atoms with Crippen LogP contribution in [0.1, 0.15) is 0 Å². The van der Waals surface area contributed by atoms with Gasteiger partial charge in [0.25, 0.3) is 0 Å². The van der Waals surface area contributed by atoms with Gasteiger partial charge in [-0.05, 0) is 42.0 Å². The van der Waals surface area contributed by atoms with Crippen molar-refractivity contribution in [3.8, 4) is 16.9 Å². The number of benzene rings is 2. The Labute approximate surface area is 120 Å². The predicted octanol–water partition coefficient (Wildman–Crippen LogP) is 4.12. The molecule has 0 radical (unpaired) electrons. The van der Waals surface area contributed by atoms with E-state index in [1.165, 1.54) is 0 Å². The standard InChI is InChI=1S/C16H11ClO3/c1-19-13-6-7-15-11(8-13)9-14(16(18)20-15)10-2-4-12(17)5-3-10/h2-9H,1H3. The molecule has 20 heavy (non-hydrogen) atoms. The van der Waals surface area contributed by atoms with Gasteiger partial charge in [-0.2, -0.15) is 0 Å². The number of hydrogen-bond acceptors (Lipinski definition) is 3. The Kier molecular flexibility index (Phi) is 3.20. The number of rotatable bonds is 2. The highest BCUT2D eigenvalue weighted by Crippen LogP contribution is 2.25. The van der Waals surface area contributed by atoms with Crippen molar-refractivity contribution in [1.29, 1.82) is 0 Å². The molecule has 0 saturated carbocycles. The van der Waals surface area contributed by atoms with Gasteiger partial charge in [0.05, 0.1) is 12.7 Å². The molecule has 0 bridgehead atoms. The number of methoxy groups -OCH3 is 1. The summed E-state index contributed by atoms with van der Waals surface area (Å²) in [7, 11) is 1.60. The summed E-state index contributed by atoms with van der Waals surface area (Å²) in [5, 5.41) is 1.44. The van der Waals surface area contributed by atoms with Gasteiger partial charge in [0.15, 0.2) is 0 Å². The van der Waals surface area contributed by atoms with E-state index in [0.717, 1.165) is 10.9 Å². The largest absolute Gasteiger partial charge is 0.497 e. The van der Waals surface area contributed by atoms with Crippen molar-refractivity contribution in [3.63, 3.8) is 0 Å². The smallest absolute Gasteiger partial charge is 0.344 e. The fourth-order valence-corrected chi connectivity index (χ4v) is 2.19. The summed E-state index contributed by atoms with van der Waals surface area (Å²) < 4.78 is 10.5. The van der Waals surface area contributed by atoms with Crippen LogP contribution in [0.2, 0.25) is 5.02 Å². The molecule has 0 saturated heterocycles. The van der Waals surface area contributed by atoms with Crippen LogP contribution in [-0.4, -0.2) is 7.11 Å². The van der Waals surface area contributed by atoms with Crippen LogP contribution in [0.25, 0.3) is 22.1 Å². The van der Waals surface area contributed by atoms with Crippen LogP contribution in [0.5, 0.6) is 5.75 Å². The van der Waals surface area contributed by atoms with Crippen molar-refractivity contribution in [2.24, 2.45) is 0 Å². The first-order chi connectivity index (χ1) is 9.67. The molecule has 100 valence electrons. The second kappa shape index (κ2) is 5.02.